The predicted molar refractivity (Wildman–Crippen MR) is 75.8 cm³/mol. The third-order valence-electron chi connectivity index (χ3n) is 3.50. The highest BCUT2D eigenvalue weighted by molar-refractivity contribution is 7.98. The summed E-state index contributed by atoms with van der Waals surface area (Å²) in [4.78, 5) is 0. The molecule has 0 spiro atoms. The van der Waals surface area contributed by atoms with Crippen molar-refractivity contribution in [1.82, 2.24) is 0 Å². The van der Waals surface area contributed by atoms with Crippen molar-refractivity contribution < 1.29 is 4.74 Å². The fourth-order valence-corrected chi connectivity index (χ4v) is 3.70. The van der Waals surface area contributed by atoms with Crippen LogP contribution in [-0.4, -0.2) is 12.9 Å². The van der Waals surface area contributed by atoms with Crippen molar-refractivity contribution in [1.29, 1.82) is 5.26 Å². The number of thioether (sulfide) groups is 1. The summed E-state index contributed by atoms with van der Waals surface area (Å²) in [5.41, 5.74) is 1.85. The molecule has 2 nitrogen and oxygen atoms in total. The summed E-state index contributed by atoms with van der Waals surface area (Å²) in [7, 11) is 1.69. The normalized spacial score (nSPS) is 15.6. The number of hydrogen-bond donors (Lipinski definition) is 0. The number of ether oxygens (including phenoxy) is 1. The van der Waals surface area contributed by atoms with Gasteiger partial charge < -0.3 is 4.74 Å². The Morgan fingerprint density at radius 1 is 1.39 bits per heavy atom. The molecule has 0 heterocycles. The molecule has 1 aromatic carbocycles. The zero-order chi connectivity index (χ0) is 12.8. The molecule has 0 bridgehead atoms. The van der Waals surface area contributed by atoms with Crippen LogP contribution >= 0.6 is 11.8 Å². The van der Waals surface area contributed by atoms with E-state index in [1.165, 1.54) is 31.4 Å². The van der Waals surface area contributed by atoms with Crippen LogP contribution in [0.25, 0.3) is 0 Å². The van der Waals surface area contributed by atoms with Gasteiger partial charge in [-0.05, 0) is 42.7 Å². The van der Waals surface area contributed by atoms with Crippen molar-refractivity contribution in [3.63, 3.8) is 0 Å². The lowest BCUT2D eigenvalue weighted by Gasteiger charge is -2.11. The third kappa shape index (κ3) is 3.43. The van der Waals surface area contributed by atoms with E-state index in [9.17, 15) is 0 Å². The highest BCUT2D eigenvalue weighted by Gasteiger charge is 2.15. The molecule has 1 aliphatic carbocycles. The molecular weight excluding hydrogens is 242 g/mol. The predicted octanol–water partition coefficient (Wildman–Crippen LogP) is 3.99. The molecule has 1 saturated carbocycles. The maximum absolute atomic E-state index is 8.93. The summed E-state index contributed by atoms with van der Waals surface area (Å²) in [5.74, 6) is 3.97. The van der Waals surface area contributed by atoms with Crippen molar-refractivity contribution in [2.45, 2.75) is 31.4 Å². The van der Waals surface area contributed by atoms with Gasteiger partial charge in [-0.2, -0.15) is 17.0 Å². The number of nitriles is 1. The molecule has 3 heteroatoms. The molecular formula is C15H19NOS. The zero-order valence-electron chi connectivity index (χ0n) is 10.8. The summed E-state index contributed by atoms with van der Waals surface area (Å²) in [6, 6.07) is 7.83. The number of methoxy groups -OCH3 is 1. The first-order valence-corrected chi connectivity index (χ1v) is 7.63. The standard InChI is InChI=1S/C15H19NOS/c1-17-15-7-6-13(9-16)8-14(15)11-18-10-12-4-2-3-5-12/h6-8,12H,2-5,10-11H2,1H3. The van der Waals surface area contributed by atoms with Crippen molar-refractivity contribution in [2.75, 3.05) is 12.9 Å². The van der Waals surface area contributed by atoms with Gasteiger partial charge in [0.25, 0.3) is 0 Å². The van der Waals surface area contributed by atoms with E-state index in [-0.39, 0.29) is 0 Å². The molecule has 1 aromatic rings. The molecule has 0 atom stereocenters. The Morgan fingerprint density at radius 3 is 2.83 bits per heavy atom. The molecule has 2 rings (SSSR count). The smallest absolute Gasteiger partial charge is 0.122 e. The lowest BCUT2D eigenvalue weighted by Crippen LogP contribution is -1.98. The van der Waals surface area contributed by atoms with Crippen LogP contribution in [-0.2, 0) is 5.75 Å². The van der Waals surface area contributed by atoms with E-state index in [2.05, 4.69) is 6.07 Å². The van der Waals surface area contributed by atoms with Gasteiger partial charge in [-0.15, -0.1) is 0 Å². The summed E-state index contributed by atoms with van der Waals surface area (Å²) in [5, 5.41) is 8.93. The number of rotatable bonds is 5. The minimum atomic E-state index is 0.715. The van der Waals surface area contributed by atoms with Crippen LogP contribution in [0.4, 0.5) is 0 Å². The molecule has 0 amide bonds. The van der Waals surface area contributed by atoms with E-state index in [1.54, 1.807) is 7.11 Å². The Bertz CT molecular complexity index is 433. The zero-order valence-corrected chi connectivity index (χ0v) is 11.6. The first-order valence-electron chi connectivity index (χ1n) is 6.48. The second-order valence-corrected chi connectivity index (χ2v) is 5.83. The van der Waals surface area contributed by atoms with E-state index in [1.807, 2.05) is 30.0 Å². The van der Waals surface area contributed by atoms with Crippen LogP contribution in [0.15, 0.2) is 18.2 Å². The van der Waals surface area contributed by atoms with E-state index < -0.39 is 0 Å². The molecule has 0 aliphatic heterocycles. The van der Waals surface area contributed by atoms with Crippen molar-refractivity contribution in [3.8, 4) is 11.8 Å². The van der Waals surface area contributed by atoms with Gasteiger partial charge in [0.2, 0.25) is 0 Å². The van der Waals surface area contributed by atoms with Gasteiger partial charge in [-0.3, -0.25) is 0 Å². The minimum Gasteiger partial charge on any atom is -0.496 e. The summed E-state index contributed by atoms with van der Waals surface area (Å²) in [6.07, 6.45) is 5.58. The summed E-state index contributed by atoms with van der Waals surface area (Å²) < 4.78 is 5.34. The average molecular weight is 261 g/mol. The average Bonchev–Trinajstić information content (AvgIpc) is 2.92. The van der Waals surface area contributed by atoms with Gasteiger partial charge in [0.15, 0.2) is 0 Å². The van der Waals surface area contributed by atoms with Crippen molar-refractivity contribution in [3.05, 3.63) is 29.3 Å². The quantitative estimate of drug-likeness (QED) is 0.803. The Labute approximate surface area is 113 Å². The summed E-state index contributed by atoms with van der Waals surface area (Å²) in [6.45, 7) is 0. The van der Waals surface area contributed by atoms with Gasteiger partial charge in [0, 0.05) is 11.3 Å². The van der Waals surface area contributed by atoms with Gasteiger partial charge in [0.1, 0.15) is 5.75 Å². The number of hydrogen-bond acceptors (Lipinski definition) is 3. The second kappa shape index (κ2) is 6.70. The Morgan fingerprint density at radius 2 is 2.17 bits per heavy atom. The molecule has 0 saturated heterocycles. The fourth-order valence-electron chi connectivity index (χ4n) is 2.47. The molecule has 0 unspecified atom stereocenters. The maximum atomic E-state index is 8.93. The molecule has 0 radical (unpaired) electrons. The lowest BCUT2D eigenvalue weighted by molar-refractivity contribution is 0.411. The van der Waals surface area contributed by atoms with Gasteiger partial charge >= 0.3 is 0 Å². The van der Waals surface area contributed by atoms with Crippen LogP contribution in [0.2, 0.25) is 0 Å². The van der Waals surface area contributed by atoms with Crippen molar-refractivity contribution >= 4 is 11.8 Å². The van der Waals surface area contributed by atoms with Crippen LogP contribution in [0, 0.1) is 17.2 Å². The van der Waals surface area contributed by atoms with E-state index in [0.29, 0.717) is 5.56 Å². The van der Waals surface area contributed by atoms with Gasteiger partial charge in [0.05, 0.1) is 18.7 Å². The van der Waals surface area contributed by atoms with E-state index in [0.717, 1.165) is 23.0 Å². The van der Waals surface area contributed by atoms with Crippen LogP contribution in [0.5, 0.6) is 5.75 Å². The lowest BCUT2D eigenvalue weighted by atomic mass is 10.1. The SMILES string of the molecule is COc1ccc(C#N)cc1CSCC1CCCC1. The molecule has 0 N–H and O–H groups in total. The van der Waals surface area contributed by atoms with E-state index in [4.69, 9.17) is 10.00 Å². The first kappa shape index (κ1) is 13.3. The van der Waals surface area contributed by atoms with Gasteiger partial charge in [-0.25, -0.2) is 0 Å². The van der Waals surface area contributed by atoms with E-state index >= 15 is 0 Å². The van der Waals surface area contributed by atoms with Crippen LogP contribution in [0.1, 0.15) is 36.8 Å². The monoisotopic (exact) mass is 261 g/mol. The second-order valence-electron chi connectivity index (χ2n) is 4.80. The first-order chi connectivity index (χ1) is 8.83. The summed E-state index contributed by atoms with van der Waals surface area (Å²) >= 11 is 1.96. The minimum absolute atomic E-state index is 0.715. The van der Waals surface area contributed by atoms with Crippen molar-refractivity contribution in [2.24, 2.45) is 5.92 Å². The molecule has 1 fully saturated rings. The van der Waals surface area contributed by atoms with Crippen LogP contribution in [0.3, 0.4) is 0 Å². The molecule has 96 valence electrons. The molecule has 0 aromatic heterocycles. The Hall–Kier alpha value is -1.14. The van der Waals surface area contributed by atoms with Gasteiger partial charge in [-0.1, -0.05) is 12.8 Å². The fraction of sp³-hybridized carbons (Fsp3) is 0.533. The largest absolute Gasteiger partial charge is 0.496 e. The third-order valence-corrected chi connectivity index (χ3v) is 4.72. The van der Waals surface area contributed by atoms with Crippen LogP contribution < -0.4 is 4.74 Å². The number of benzene rings is 1. The number of nitrogens with zero attached hydrogens (tertiary/aromatic N) is 1. The molecule has 1 aliphatic rings. The Kier molecular flexibility index (Phi) is 4.95. The Balaban J connectivity index is 1.92. The topological polar surface area (TPSA) is 33.0 Å². The molecule has 18 heavy (non-hydrogen) atoms. The maximum Gasteiger partial charge on any atom is 0.122 e. The highest BCUT2D eigenvalue weighted by atomic mass is 32.2. The highest BCUT2D eigenvalue weighted by Crippen LogP contribution is 2.31.